The number of hydrogen-bond donors (Lipinski definition) is 0. The lowest BCUT2D eigenvalue weighted by atomic mass is 9.91. The van der Waals surface area contributed by atoms with E-state index in [0.29, 0.717) is 10.8 Å². The van der Waals surface area contributed by atoms with Crippen molar-refractivity contribution in [3.8, 4) is 5.75 Å². The zero-order chi connectivity index (χ0) is 12.6. The highest BCUT2D eigenvalue weighted by Crippen LogP contribution is 2.31. The first-order valence-electron chi connectivity index (χ1n) is 5.55. The van der Waals surface area contributed by atoms with Crippen LogP contribution in [0.15, 0.2) is 24.4 Å². The Morgan fingerprint density at radius 3 is 2.41 bits per heavy atom. The van der Waals surface area contributed by atoms with Crippen molar-refractivity contribution in [1.82, 2.24) is 4.98 Å². The number of aromatic nitrogens is 1. The minimum atomic E-state index is 0.0423. The second-order valence-corrected chi connectivity index (χ2v) is 5.56. The number of halogens is 1. The van der Waals surface area contributed by atoms with Gasteiger partial charge in [-0.3, -0.25) is 4.98 Å². The molecule has 0 spiro atoms. The van der Waals surface area contributed by atoms with Gasteiger partial charge in [0.25, 0.3) is 0 Å². The molecule has 0 fully saturated rings. The van der Waals surface area contributed by atoms with Crippen molar-refractivity contribution in [3.05, 3.63) is 35.1 Å². The summed E-state index contributed by atoms with van der Waals surface area (Å²) in [6.07, 6.45) is 1.87. The zero-order valence-electron chi connectivity index (χ0n) is 10.5. The summed E-state index contributed by atoms with van der Waals surface area (Å²) in [6.45, 7) is 6.44. The first-order chi connectivity index (χ1) is 7.91. The molecule has 0 aliphatic carbocycles. The summed E-state index contributed by atoms with van der Waals surface area (Å²) in [5, 5.41) is 2.76. The van der Waals surface area contributed by atoms with Crippen LogP contribution in [0.3, 0.4) is 0 Å². The van der Waals surface area contributed by atoms with E-state index in [1.54, 1.807) is 7.11 Å². The van der Waals surface area contributed by atoms with Crippen LogP contribution in [0.5, 0.6) is 5.75 Å². The third-order valence-electron chi connectivity index (χ3n) is 2.76. The fraction of sp³-hybridized carbons (Fsp3) is 0.357. The van der Waals surface area contributed by atoms with Gasteiger partial charge in [0.1, 0.15) is 5.75 Å². The summed E-state index contributed by atoms with van der Waals surface area (Å²) in [4.78, 5) is 4.48. The van der Waals surface area contributed by atoms with Gasteiger partial charge in [0.15, 0.2) is 0 Å². The summed E-state index contributed by atoms with van der Waals surface area (Å²) in [6, 6.07) is 5.92. The smallest absolute Gasteiger partial charge is 0.138 e. The number of benzene rings is 1. The Morgan fingerprint density at radius 1 is 1.12 bits per heavy atom. The van der Waals surface area contributed by atoms with E-state index in [1.165, 1.54) is 0 Å². The molecule has 1 heterocycles. The Labute approximate surface area is 107 Å². The number of hydrogen-bond acceptors (Lipinski definition) is 2. The molecule has 0 aliphatic heterocycles. The molecule has 2 nitrogen and oxygen atoms in total. The third kappa shape index (κ3) is 2.37. The molecule has 0 aliphatic rings. The van der Waals surface area contributed by atoms with Crippen LogP contribution in [0.25, 0.3) is 10.8 Å². The molecular weight excluding hydrogens is 234 g/mol. The van der Waals surface area contributed by atoms with Crippen molar-refractivity contribution >= 4 is 22.4 Å². The Hall–Kier alpha value is -1.28. The Kier molecular flexibility index (Phi) is 3.00. The maximum atomic E-state index is 6.12. The van der Waals surface area contributed by atoms with Crippen LogP contribution in [-0.4, -0.2) is 12.1 Å². The maximum absolute atomic E-state index is 6.12. The van der Waals surface area contributed by atoms with E-state index in [4.69, 9.17) is 16.3 Å². The molecule has 0 radical (unpaired) electrons. The lowest BCUT2D eigenvalue weighted by Crippen LogP contribution is -2.12. The van der Waals surface area contributed by atoms with Crippen molar-refractivity contribution in [2.45, 2.75) is 26.2 Å². The van der Waals surface area contributed by atoms with Crippen molar-refractivity contribution < 1.29 is 4.74 Å². The predicted molar refractivity (Wildman–Crippen MR) is 72.0 cm³/mol. The molecule has 0 saturated carbocycles. The fourth-order valence-corrected chi connectivity index (χ4v) is 1.96. The monoisotopic (exact) mass is 249 g/mol. The molecule has 1 aromatic carbocycles. The fourth-order valence-electron chi connectivity index (χ4n) is 1.71. The van der Waals surface area contributed by atoms with Crippen molar-refractivity contribution in [2.75, 3.05) is 7.11 Å². The Bertz CT molecular complexity index is 558. The molecule has 0 atom stereocenters. The minimum Gasteiger partial charge on any atom is -0.495 e. The van der Waals surface area contributed by atoms with Gasteiger partial charge in [0.2, 0.25) is 0 Å². The lowest BCUT2D eigenvalue weighted by molar-refractivity contribution is 0.415. The standard InChI is InChI=1S/C14H16ClNO/c1-14(2,3)13-7-9-5-11(15)12(17-4)6-10(9)8-16-13/h5-8H,1-4H3. The molecule has 0 amide bonds. The molecule has 3 heteroatoms. The zero-order valence-corrected chi connectivity index (χ0v) is 11.3. The first kappa shape index (κ1) is 12.2. The SMILES string of the molecule is COc1cc2cnc(C(C)(C)C)cc2cc1Cl. The molecule has 1 aromatic heterocycles. The average Bonchev–Trinajstić information content (AvgIpc) is 2.26. The number of ether oxygens (including phenoxy) is 1. The van der Waals surface area contributed by atoms with Gasteiger partial charge in [-0.25, -0.2) is 0 Å². The van der Waals surface area contributed by atoms with E-state index >= 15 is 0 Å². The second-order valence-electron chi connectivity index (χ2n) is 5.15. The van der Waals surface area contributed by atoms with Gasteiger partial charge in [-0.05, 0) is 23.6 Å². The van der Waals surface area contributed by atoms with E-state index < -0.39 is 0 Å². The lowest BCUT2D eigenvalue weighted by Gasteiger charge is -2.18. The molecule has 17 heavy (non-hydrogen) atoms. The predicted octanol–water partition coefficient (Wildman–Crippen LogP) is 4.19. The third-order valence-corrected chi connectivity index (χ3v) is 3.06. The molecular formula is C14H16ClNO. The van der Waals surface area contributed by atoms with E-state index in [9.17, 15) is 0 Å². The second kappa shape index (κ2) is 4.19. The molecule has 2 aromatic rings. The van der Waals surface area contributed by atoms with Crippen molar-refractivity contribution in [2.24, 2.45) is 0 Å². The van der Waals surface area contributed by atoms with Gasteiger partial charge in [-0.2, -0.15) is 0 Å². The van der Waals surface area contributed by atoms with Gasteiger partial charge >= 0.3 is 0 Å². The molecule has 0 saturated heterocycles. The number of fused-ring (bicyclic) bond motifs is 1. The van der Waals surface area contributed by atoms with Crippen LogP contribution < -0.4 is 4.74 Å². The molecule has 0 unspecified atom stereocenters. The summed E-state index contributed by atoms with van der Waals surface area (Å²) in [5.41, 5.74) is 1.10. The van der Waals surface area contributed by atoms with Crippen LogP contribution >= 0.6 is 11.6 Å². The van der Waals surface area contributed by atoms with Gasteiger partial charge < -0.3 is 4.74 Å². The largest absolute Gasteiger partial charge is 0.495 e. The van der Waals surface area contributed by atoms with Gasteiger partial charge in [0, 0.05) is 22.7 Å². The van der Waals surface area contributed by atoms with Crippen molar-refractivity contribution in [3.63, 3.8) is 0 Å². The highest BCUT2D eigenvalue weighted by molar-refractivity contribution is 6.32. The minimum absolute atomic E-state index is 0.0423. The molecule has 0 N–H and O–H groups in total. The van der Waals surface area contributed by atoms with Crippen LogP contribution in [-0.2, 0) is 5.41 Å². The Balaban J connectivity index is 2.63. The van der Waals surface area contributed by atoms with Gasteiger partial charge in [-0.15, -0.1) is 0 Å². The van der Waals surface area contributed by atoms with Gasteiger partial charge in [0.05, 0.1) is 12.1 Å². The number of methoxy groups -OCH3 is 1. The van der Waals surface area contributed by atoms with Crippen LogP contribution in [0.4, 0.5) is 0 Å². The average molecular weight is 250 g/mol. The summed E-state index contributed by atoms with van der Waals surface area (Å²) < 4.78 is 5.19. The maximum Gasteiger partial charge on any atom is 0.138 e. The number of rotatable bonds is 1. The summed E-state index contributed by atoms with van der Waals surface area (Å²) >= 11 is 6.12. The van der Waals surface area contributed by atoms with Crippen LogP contribution in [0.2, 0.25) is 5.02 Å². The van der Waals surface area contributed by atoms with E-state index in [-0.39, 0.29) is 5.41 Å². The Morgan fingerprint density at radius 2 is 1.82 bits per heavy atom. The van der Waals surface area contributed by atoms with Crippen molar-refractivity contribution in [1.29, 1.82) is 0 Å². The van der Waals surface area contributed by atoms with E-state index in [2.05, 4.69) is 31.8 Å². The highest BCUT2D eigenvalue weighted by atomic mass is 35.5. The van der Waals surface area contributed by atoms with E-state index in [0.717, 1.165) is 16.5 Å². The normalized spacial score (nSPS) is 11.8. The molecule has 2 rings (SSSR count). The molecule has 0 bridgehead atoms. The first-order valence-corrected chi connectivity index (χ1v) is 5.93. The summed E-state index contributed by atoms with van der Waals surface area (Å²) in [7, 11) is 1.62. The highest BCUT2D eigenvalue weighted by Gasteiger charge is 2.16. The van der Waals surface area contributed by atoms with E-state index in [1.807, 2.05) is 18.3 Å². The molecule has 90 valence electrons. The summed E-state index contributed by atoms with van der Waals surface area (Å²) in [5.74, 6) is 0.685. The van der Waals surface area contributed by atoms with Gasteiger partial charge in [-0.1, -0.05) is 32.4 Å². The van der Waals surface area contributed by atoms with Crippen LogP contribution in [0.1, 0.15) is 26.5 Å². The van der Waals surface area contributed by atoms with Crippen LogP contribution in [0, 0.1) is 0 Å². The topological polar surface area (TPSA) is 22.1 Å². The number of nitrogens with zero attached hydrogens (tertiary/aromatic N) is 1. The quantitative estimate of drug-likeness (QED) is 0.756. The number of pyridine rings is 1.